The smallest absolute Gasteiger partial charge is 0.124 e. The van der Waals surface area contributed by atoms with Crippen molar-refractivity contribution in [2.24, 2.45) is 0 Å². The molecule has 1 aliphatic rings. The average Bonchev–Trinajstić information content (AvgIpc) is 2.52. The summed E-state index contributed by atoms with van der Waals surface area (Å²) < 4.78 is 0. The summed E-state index contributed by atoms with van der Waals surface area (Å²) in [5.74, 6) is 0.271. The Bertz CT molecular complexity index is 342. The lowest BCUT2D eigenvalue weighted by molar-refractivity contribution is -0.107. The molecular weight excluding hydrogens is 164 g/mol. The Morgan fingerprint density at radius 2 is 2.00 bits per heavy atom. The highest BCUT2D eigenvalue weighted by Crippen LogP contribution is 2.28. The third-order valence-electron chi connectivity index (χ3n) is 2.60. The highest BCUT2D eigenvalue weighted by atomic mass is 16.3. The number of carbonyl (C=O) groups is 1. The normalized spacial score (nSPS) is 14.2. The first kappa shape index (κ1) is 8.30. The summed E-state index contributed by atoms with van der Waals surface area (Å²) in [4.78, 5) is 10.3. The Labute approximate surface area is 77.2 Å². The second-order valence-electron chi connectivity index (χ2n) is 3.47. The van der Waals surface area contributed by atoms with Crippen molar-refractivity contribution in [3.8, 4) is 5.75 Å². The Hall–Kier alpha value is -1.31. The molecule has 0 bridgehead atoms. The Balaban J connectivity index is 2.42. The summed E-state index contributed by atoms with van der Waals surface area (Å²) in [7, 11) is 0. The van der Waals surface area contributed by atoms with E-state index in [0.29, 0.717) is 6.42 Å². The fourth-order valence-corrected chi connectivity index (χ4v) is 1.92. The molecule has 68 valence electrons. The van der Waals surface area contributed by atoms with Crippen LogP contribution in [0.25, 0.3) is 0 Å². The predicted molar refractivity (Wildman–Crippen MR) is 49.9 cm³/mol. The van der Waals surface area contributed by atoms with Crippen molar-refractivity contribution in [1.29, 1.82) is 0 Å². The van der Waals surface area contributed by atoms with Gasteiger partial charge in [-0.2, -0.15) is 0 Å². The molecule has 0 aliphatic heterocycles. The minimum atomic E-state index is 0.271. The van der Waals surface area contributed by atoms with Crippen LogP contribution in [0.1, 0.15) is 23.1 Å². The lowest BCUT2D eigenvalue weighted by atomic mass is 10.0. The summed E-state index contributed by atoms with van der Waals surface area (Å²) >= 11 is 0. The molecule has 13 heavy (non-hydrogen) atoms. The molecule has 0 heterocycles. The van der Waals surface area contributed by atoms with Gasteiger partial charge in [0.1, 0.15) is 12.0 Å². The van der Waals surface area contributed by atoms with E-state index in [0.717, 1.165) is 24.7 Å². The molecule has 0 radical (unpaired) electrons. The van der Waals surface area contributed by atoms with E-state index >= 15 is 0 Å². The van der Waals surface area contributed by atoms with Gasteiger partial charge in [0.25, 0.3) is 0 Å². The van der Waals surface area contributed by atoms with Crippen LogP contribution in [-0.4, -0.2) is 11.4 Å². The largest absolute Gasteiger partial charge is 0.508 e. The third kappa shape index (κ3) is 1.44. The van der Waals surface area contributed by atoms with E-state index in [1.807, 2.05) is 6.07 Å². The second-order valence-corrected chi connectivity index (χ2v) is 3.47. The maximum atomic E-state index is 10.3. The number of aryl methyl sites for hydroxylation is 2. The third-order valence-corrected chi connectivity index (χ3v) is 2.60. The molecule has 1 N–H and O–H groups in total. The van der Waals surface area contributed by atoms with Gasteiger partial charge < -0.3 is 9.90 Å². The first-order valence-corrected chi connectivity index (χ1v) is 4.58. The van der Waals surface area contributed by atoms with E-state index in [2.05, 4.69) is 0 Å². The number of rotatable bonds is 2. The zero-order valence-electron chi connectivity index (χ0n) is 7.42. The van der Waals surface area contributed by atoms with Gasteiger partial charge >= 0.3 is 0 Å². The van der Waals surface area contributed by atoms with Gasteiger partial charge in [0.2, 0.25) is 0 Å². The van der Waals surface area contributed by atoms with Gasteiger partial charge in [-0.1, -0.05) is 6.07 Å². The standard InChI is InChI=1S/C11H12O2/c12-5-4-10-6-8-2-1-3-9(8)7-11(10)13/h5-7,13H,1-4H2. The van der Waals surface area contributed by atoms with Gasteiger partial charge in [0.15, 0.2) is 0 Å². The minimum absolute atomic E-state index is 0.271. The molecule has 1 aromatic rings. The predicted octanol–water partition coefficient (Wildman–Crippen LogP) is 1.62. The van der Waals surface area contributed by atoms with E-state index < -0.39 is 0 Å². The summed E-state index contributed by atoms with van der Waals surface area (Å²) in [6.07, 6.45) is 4.46. The number of carbonyl (C=O) groups excluding carboxylic acids is 1. The zero-order valence-corrected chi connectivity index (χ0v) is 7.42. The topological polar surface area (TPSA) is 37.3 Å². The van der Waals surface area contributed by atoms with Gasteiger partial charge in [-0.15, -0.1) is 0 Å². The summed E-state index contributed by atoms with van der Waals surface area (Å²) in [5.41, 5.74) is 3.30. The second kappa shape index (κ2) is 3.21. The fraction of sp³-hybridized carbons (Fsp3) is 0.364. The lowest BCUT2D eigenvalue weighted by Gasteiger charge is -2.04. The summed E-state index contributed by atoms with van der Waals surface area (Å²) in [6.45, 7) is 0. The molecule has 0 amide bonds. The Morgan fingerprint density at radius 1 is 1.31 bits per heavy atom. The van der Waals surface area contributed by atoms with E-state index in [1.54, 1.807) is 6.07 Å². The van der Waals surface area contributed by atoms with Crippen molar-refractivity contribution in [3.63, 3.8) is 0 Å². The van der Waals surface area contributed by atoms with Crippen LogP contribution < -0.4 is 0 Å². The van der Waals surface area contributed by atoms with E-state index in [-0.39, 0.29) is 5.75 Å². The van der Waals surface area contributed by atoms with Crippen molar-refractivity contribution in [2.75, 3.05) is 0 Å². The number of phenols is 1. The molecule has 2 heteroatoms. The lowest BCUT2D eigenvalue weighted by Crippen LogP contribution is -1.91. The summed E-state index contributed by atoms with van der Waals surface area (Å²) in [6, 6.07) is 3.77. The molecule has 0 saturated heterocycles. The molecule has 0 aromatic heterocycles. The molecule has 0 spiro atoms. The molecule has 0 saturated carbocycles. The number of hydrogen-bond donors (Lipinski definition) is 1. The quantitative estimate of drug-likeness (QED) is 0.695. The SMILES string of the molecule is O=CCc1cc2c(cc1O)CCC2. The molecule has 0 atom stereocenters. The van der Waals surface area contributed by atoms with Crippen LogP contribution in [0.5, 0.6) is 5.75 Å². The number of benzene rings is 1. The van der Waals surface area contributed by atoms with Crippen LogP contribution in [0, 0.1) is 0 Å². The number of aromatic hydroxyl groups is 1. The average molecular weight is 176 g/mol. The maximum Gasteiger partial charge on any atom is 0.124 e. The van der Waals surface area contributed by atoms with Gasteiger partial charge in [0.05, 0.1) is 0 Å². The van der Waals surface area contributed by atoms with Crippen molar-refractivity contribution in [1.82, 2.24) is 0 Å². The molecule has 1 aromatic carbocycles. The highest BCUT2D eigenvalue weighted by molar-refractivity contribution is 5.58. The van der Waals surface area contributed by atoms with E-state index in [9.17, 15) is 9.90 Å². The summed E-state index contributed by atoms with van der Waals surface area (Å²) in [5, 5.41) is 9.55. The first-order chi connectivity index (χ1) is 6.31. The molecule has 0 fully saturated rings. The molecule has 1 aliphatic carbocycles. The number of hydrogen-bond acceptors (Lipinski definition) is 2. The first-order valence-electron chi connectivity index (χ1n) is 4.58. The maximum absolute atomic E-state index is 10.3. The van der Waals surface area contributed by atoms with Crippen molar-refractivity contribution in [2.45, 2.75) is 25.7 Å². The Morgan fingerprint density at radius 3 is 2.69 bits per heavy atom. The molecule has 2 rings (SSSR count). The van der Waals surface area contributed by atoms with Crippen molar-refractivity contribution < 1.29 is 9.90 Å². The van der Waals surface area contributed by atoms with E-state index in [4.69, 9.17) is 0 Å². The van der Waals surface area contributed by atoms with Gasteiger partial charge in [-0.3, -0.25) is 0 Å². The van der Waals surface area contributed by atoms with Gasteiger partial charge in [0, 0.05) is 12.0 Å². The number of aldehydes is 1. The fourth-order valence-electron chi connectivity index (χ4n) is 1.92. The Kier molecular flexibility index (Phi) is 2.05. The van der Waals surface area contributed by atoms with Crippen LogP contribution in [0.2, 0.25) is 0 Å². The zero-order chi connectivity index (χ0) is 9.26. The minimum Gasteiger partial charge on any atom is -0.508 e. The molecular formula is C11H12O2. The van der Waals surface area contributed by atoms with Gasteiger partial charge in [-0.05, 0) is 36.5 Å². The van der Waals surface area contributed by atoms with Crippen LogP contribution >= 0.6 is 0 Å². The van der Waals surface area contributed by atoms with Crippen molar-refractivity contribution >= 4 is 6.29 Å². The van der Waals surface area contributed by atoms with Crippen LogP contribution in [0.15, 0.2) is 12.1 Å². The van der Waals surface area contributed by atoms with Crippen LogP contribution in [-0.2, 0) is 24.1 Å². The van der Waals surface area contributed by atoms with Crippen LogP contribution in [0.4, 0.5) is 0 Å². The number of phenolic OH excluding ortho intramolecular Hbond substituents is 1. The highest BCUT2D eigenvalue weighted by Gasteiger charge is 2.13. The van der Waals surface area contributed by atoms with Crippen LogP contribution in [0.3, 0.4) is 0 Å². The van der Waals surface area contributed by atoms with E-state index in [1.165, 1.54) is 17.5 Å². The van der Waals surface area contributed by atoms with Gasteiger partial charge in [-0.25, -0.2) is 0 Å². The molecule has 0 unspecified atom stereocenters. The molecule has 2 nitrogen and oxygen atoms in total. The number of fused-ring (bicyclic) bond motifs is 1. The van der Waals surface area contributed by atoms with Crippen molar-refractivity contribution in [3.05, 3.63) is 28.8 Å². The monoisotopic (exact) mass is 176 g/mol.